The molecule has 0 aliphatic carbocycles. The van der Waals surface area contributed by atoms with E-state index >= 15 is 0 Å². The van der Waals surface area contributed by atoms with Gasteiger partial charge in [-0.15, -0.1) is 0 Å². The number of carbonyl (C=O) groups excluding carboxylic acids is 1. The van der Waals surface area contributed by atoms with Gasteiger partial charge in [-0.1, -0.05) is 72.5 Å². The number of rotatable bonds is 7. The second-order valence-corrected chi connectivity index (χ2v) is 10.3. The van der Waals surface area contributed by atoms with Crippen LogP contribution in [0.3, 0.4) is 0 Å². The molecule has 4 aromatic carbocycles. The van der Waals surface area contributed by atoms with Crippen molar-refractivity contribution < 1.29 is 19.4 Å². The molecule has 42 heavy (non-hydrogen) atoms. The van der Waals surface area contributed by atoms with Gasteiger partial charge in [0.05, 0.1) is 20.3 Å². The number of carbonyl (C=O) groups is 1. The van der Waals surface area contributed by atoms with Gasteiger partial charge in [0, 0.05) is 59.2 Å². The zero-order valence-electron chi connectivity index (χ0n) is 23.5. The number of ether oxygens (including phenoxy) is 2. The summed E-state index contributed by atoms with van der Waals surface area (Å²) in [4.78, 5) is 18.9. The van der Waals surface area contributed by atoms with Gasteiger partial charge in [-0.2, -0.15) is 0 Å². The molecule has 5 aromatic rings. The van der Waals surface area contributed by atoms with Gasteiger partial charge in [0.15, 0.2) is 5.78 Å². The van der Waals surface area contributed by atoms with Crippen LogP contribution in [-0.4, -0.2) is 54.2 Å². The quantitative estimate of drug-likeness (QED) is 0.190. The number of H-pyrrole nitrogens is 1. The predicted octanol–water partition coefficient (Wildman–Crippen LogP) is 5.99. The number of fused-ring (bicyclic) bond motifs is 1. The van der Waals surface area contributed by atoms with Crippen molar-refractivity contribution in [1.82, 2.24) is 9.88 Å². The Balaban J connectivity index is 1.39. The summed E-state index contributed by atoms with van der Waals surface area (Å²) in [5.74, 6) is 7.07. The topological polar surface area (TPSA) is 74.8 Å². The van der Waals surface area contributed by atoms with Crippen LogP contribution in [-0.2, 0) is 11.3 Å². The first-order chi connectivity index (χ1) is 20.6. The largest absolute Gasteiger partial charge is 0.496 e. The van der Waals surface area contributed by atoms with Crippen molar-refractivity contribution >= 4 is 16.7 Å². The molecule has 0 spiro atoms. The third kappa shape index (κ3) is 5.86. The first-order valence-electron chi connectivity index (χ1n) is 14.1. The monoisotopic (exact) mass is 556 g/mol. The molecule has 2 heterocycles. The van der Waals surface area contributed by atoms with Gasteiger partial charge in [-0.3, -0.25) is 9.69 Å². The number of nitrogens with one attached hydrogen (secondary N) is 1. The van der Waals surface area contributed by atoms with Crippen molar-refractivity contribution in [2.75, 3.05) is 33.4 Å². The predicted molar refractivity (Wildman–Crippen MR) is 165 cm³/mol. The maximum atomic E-state index is 13.3. The number of aliphatic hydroxyl groups excluding tert-OH is 1. The van der Waals surface area contributed by atoms with Gasteiger partial charge < -0.3 is 19.6 Å². The number of ketones is 1. The number of benzene rings is 4. The molecule has 2 N–H and O–H groups in total. The Bertz CT molecular complexity index is 1780. The summed E-state index contributed by atoms with van der Waals surface area (Å²) in [7, 11) is 1.68. The van der Waals surface area contributed by atoms with Gasteiger partial charge in [0.1, 0.15) is 11.9 Å². The first-order valence-corrected chi connectivity index (χ1v) is 14.1. The maximum Gasteiger partial charge on any atom is 0.195 e. The number of aromatic nitrogens is 1. The molecule has 0 saturated carbocycles. The molecule has 1 atom stereocenters. The number of nitrogens with zero attached hydrogens (tertiary/aromatic N) is 1. The smallest absolute Gasteiger partial charge is 0.195 e. The van der Waals surface area contributed by atoms with E-state index in [1.807, 2.05) is 60.8 Å². The Hall–Kier alpha value is -4.67. The van der Waals surface area contributed by atoms with E-state index in [1.165, 1.54) is 0 Å². The van der Waals surface area contributed by atoms with E-state index < -0.39 is 6.10 Å². The van der Waals surface area contributed by atoms with Crippen LogP contribution in [0.15, 0.2) is 97.2 Å². The van der Waals surface area contributed by atoms with Crippen LogP contribution < -0.4 is 4.74 Å². The zero-order valence-corrected chi connectivity index (χ0v) is 23.5. The summed E-state index contributed by atoms with van der Waals surface area (Å²) in [6.07, 6.45) is 0.549. The highest BCUT2D eigenvalue weighted by molar-refractivity contribution is 6.01. The Morgan fingerprint density at radius 1 is 0.976 bits per heavy atom. The molecule has 6 heteroatoms. The van der Waals surface area contributed by atoms with Crippen molar-refractivity contribution in [3.05, 3.63) is 125 Å². The van der Waals surface area contributed by atoms with Crippen LogP contribution in [0.1, 0.15) is 38.7 Å². The zero-order chi connectivity index (χ0) is 28.9. The van der Waals surface area contributed by atoms with E-state index in [-0.39, 0.29) is 5.78 Å². The third-order valence-corrected chi connectivity index (χ3v) is 7.67. The highest BCUT2D eigenvalue weighted by atomic mass is 16.5. The molecule has 0 radical (unpaired) electrons. The number of hydrogen-bond acceptors (Lipinski definition) is 5. The Morgan fingerprint density at radius 3 is 2.62 bits per heavy atom. The molecule has 1 fully saturated rings. The molecule has 210 valence electrons. The van der Waals surface area contributed by atoms with Crippen LogP contribution >= 0.6 is 0 Å². The molecule has 6 nitrogen and oxygen atoms in total. The van der Waals surface area contributed by atoms with Crippen LogP contribution in [0.5, 0.6) is 5.75 Å². The van der Waals surface area contributed by atoms with E-state index in [0.717, 1.165) is 77.3 Å². The van der Waals surface area contributed by atoms with E-state index in [9.17, 15) is 9.90 Å². The fourth-order valence-electron chi connectivity index (χ4n) is 5.42. The molecular weight excluding hydrogens is 524 g/mol. The van der Waals surface area contributed by atoms with E-state index in [2.05, 4.69) is 27.8 Å². The molecule has 1 aromatic heterocycles. The first kappa shape index (κ1) is 27.5. The molecule has 0 bridgehead atoms. The normalized spacial score (nSPS) is 14.2. The molecule has 1 unspecified atom stereocenters. The Kier molecular flexibility index (Phi) is 8.16. The lowest BCUT2D eigenvalue weighted by Crippen LogP contribution is -2.35. The summed E-state index contributed by atoms with van der Waals surface area (Å²) in [5.41, 5.74) is 6.17. The second kappa shape index (κ2) is 12.5. The highest BCUT2D eigenvalue weighted by Crippen LogP contribution is 2.35. The fraction of sp³-hybridized carbons (Fsp3) is 0.194. The average Bonchev–Trinajstić information content (AvgIpc) is 3.52. The summed E-state index contributed by atoms with van der Waals surface area (Å²) in [6.45, 7) is 4.08. The van der Waals surface area contributed by atoms with E-state index in [1.54, 1.807) is 37.4 Å². The second-order valence-electron chi connectivity index (χ2n) is 10.3. The molecule has 1 aliphatic rings. The number of aromatic amines is 1. The number of aliphatic hydroxyl groups is 1. The minimum absolute atomic E-state index is 0.358. The standard InChI is InChI=1S/C36H32N2O4/c1-41-33-22-25(11-13-30(33)24-38-18-20-42-21-19-38)10-12-27-8-5-9-31(36(40)35(39)28-6-3-2-4-7-28)34(27)29-15-14-26-16-17-37-32(26)23-29/h2-9,11,13-17,22-23,36-37,40H,18-21,24H2,1H3. The molecule has 1 saturated heterocycles. The Morgan fingerprint density at radius 2 is 1.81 bits per heavy atom. The molecule has 0 amide bonds. The van der Waals surface area contributed by atoms with Gasteiger partial charge >= 0.3 is 0 Å². The number of Topliss-reactive ketones (excluding diaryl/α,β-unsaturated/α-hetero) is 1. The lowest BCUT2D eigenvalue weighted by atomic mass is 9.88. The van der Waals surface area contributed by atoms with Crippen molar-refractivity contribution in [1.29, 1.82) is 0 Å². The number of morpholine rings is 1. The lowest BCUT2D eigenvalue weighted by molar-refractivity contribution is 0.0339. The average molecular weight is 557 g/mol. The van der Waals surface area contributed by atoms with Gasteiger partial charge in [-0.25, -0.2) is 0 Å². The SMILES string of the molecule is COc1cc(C#Cc2cccc(C(O)C(=O)c3ccccc3)c2-c2ccc3cc[nH]c3c2)ccc1CN1CCOCC1. The van der Waals surface area contributed by atoms with Crippen LogP contribution in [0.4, 0.5) is 0 Å². The fourth-order valence-corrected chi connectivity index (χ4v) is 5.42. The molecule has 6 rings (SSSR count). The summed E-state index contributed by atoms with van der Waals surface area (Å²) < 4.78 is 11.2. The third-order valence-electron chi connectivity index (χ3n) is 7.67. The number of hydrogen-bond donors (Lipinski definition) is 2. The van der Waals surface area contributed by atoms with Crippen molar-refractivity contribution in [3.63, 3.8) is 0 Å². The Labute approximate surface area is 245 Å². The molecule has 1 aliphatic heterocycles. The minimum Gasteiger partial charge on any atom is -0.496 e. The van der Waals surface area contributed by atoms with Gasteiger partial charge in [-0.05, 0) is 46.8 Å². The minimum atomic E-state index is -1.34. The van der Waals surface area contributed by atoms with E-state index in [0.29, 0.717) is 11.1 Å². The summed E-state index contributed by atoms with van der Waals surface area (Å²) >= 11 is 0. The highest BCUT2D eigenvalue weighted by Gasteiger charge is 2.24. The van der Waals surface area contributed by atoms with Crippen LogP contribution in [0.2, 0.25) is 0 Å². The number of methoxy groups -OCH3 is 1. The van der Waals surface area contributed by atoms with Gasteiger partial charge in [0.2, 0.25) is 0 Å². The van der Waals surface area contributed by atoms with Crippen LogP contribution in [0.25, 0.3) is 22.0 Å². The lowest BCUT2D eigenvalue weighted by Gasteiger charge is -2.27. The van der Waals surface area contributed by atoms with Crippen molar-refractivity contribution in [3.8, 4) is 28.7 Å². The van der Waals surface area contributed by atoms with Gasteiger partial charge in [0.25, 0.3) is 0 Å². The molecular formula is C36H32N2O4. The van der Waals surface area contributed by atoms with Crippen molar-refractivity contribution in [2.24, 2.45) is 0 Å². The van der Waals surface area contributed by atoms with Crippen LogP contribution in [0, 0.1) is 11.8 Å². The van der Waals surface area contributed by atoms with E-state index in [4.69, 9.17) is 9.47 Å². The van der Waals surface area contributed by atoms with Crippen molar-refractivity contribution in [2.45, 2.75) is 12.6 Å². The summed E-state index contributed by atoms with van der Waals surface area (Å²) in [5, 5.41) is 12.4. The summed E-state index contributed by atoms with van der Waals surface area (Å²) in [6, 6.07) is 28.5. The maximum absolute atomic E-state index is 13.3.